The molecule has 0 aliphatic carbocycles. The Morgan fingerprint density at radius 2 is 1.97 bits per heavy atom. The van der Waals surface area contributed by atoms with E-state index in [-0.39, 0.29) is 5.91 Å². The summed E-state index contributed by atoms with van der Waals surface area (Å²) in [7, 11) is 3.63. The number of amides is 1. The lowest BCUT2D eigenvalue weighted by Gasteiger charge is -2.17. The van der Waals surface area contributed by atoms with E-state index in [0.29, 0.717) is 0 Å². The monoisotopic (exact) mass is 481 g/mol. The van der Waals surface area contributed by atoms with Gasteiger partial charge < -0.3 is 16.0 Å². The zero-order valence-electron chi connectivity index (χ0n) is 21.5. The second-order valence-corrected chi connectivity index (χ2v) is 8.81. The zero-order valence-corrected chi connectivity index (χ0v) is 21.5. The molecule has 1 aromatic carbocycles. The molecule has 3 aromatic heterocycles. The van der Waals surface area contributed by atoms with Crippen molar-refractivity contribution in [2.45, 2.75) is 27.7 Å². The van der Waals surface area contributed by atoms with Gasteiger partial charge in [-0.3, -0.25) is 14.5 Å². The fraction of sp³-hybridized carbons (Fsp3) is 0.214. The number of carbonyl (C=O) groups is 1. The molecule has 1 amide bonds. The highest BCUT2D eigenvalue weighted by Crippen LogP contribution is 2.43. The highest BCUT2D eigenvalue weighted by atomic mass is 16.1. The van der Waals surface area contributed by atoms with Crippen LogP contribution in [0.2, 0.25) is 0 Å². The van der Waals surface area contributed by atoms with Gasteiger partial charge in [0.05, 0.1) is 11.9 Å². The van der Waals surface area contributed by atoms with Gasteiger partial charge >= 0.3 is 0 Å². The van der Waals surface area contributed by atoms with Crippen LogP contribution in [-0.4, -0.2) is 38.4 Å². The van der Waals surface area contributed by atoms with E-state index in [1.165, 1.54) is 6.08 Å². The molecule has 0 aliphatic rings. The van der Waals surface area contributed by atoms with E-state index in [2.05, 4.69) is 40.0 Å². The molecule has 0 radical (unpaired) electrons. The second kappa shape index (κ2) is 9.65. The number of anilines is 1. The molecular weight excluding hydrogens is 450 g/mol. The van der Waals surface area contributed by atoms with Crippen molar-refractivity contribution >= 4 is 33.9 Å². The molecule has 4 rings (SSSR count). The van der Waals surface area contributed by atoms with Gasteiger partial charge in [-0.2, -0.15) is 5.10 Å². The summed E-state index contributed by atoms with van der Waals surface area (Å²) in [5, 5.41) is 8.34. The van der Waals surface area contributed by atoms with Crippen molar-refractivity contribution in [3.05, 3.63) is 71.8 Å². The van der Waals surface area contributed by atoms with Gasteiger partial charge in [-0.05, 0) is 56.0 Å². The van der Waals surface area contributed by atoms with Crippen LogP contribution < -0.4 is 11.1 Å². The number of benzene rings is 1. The number of allylic oxidation sites excluding steroid dienone is 1. The Hall–Kier alpha value is -4.46. The number of nitrogens with two attached hydrogens (primary N) is 1. The molecule has 0 saturated carbocycles. The van der Waals surface area contributed by atoms with Crippen molar-refractivity contribution in [2.24, 2.45) is 17.8 Å². The summed E-state index contributed by atoms with van der Waals surface area (Å²) >= 11 is 0. The molecule has 0 bridgehead atoms. The van der Waals surface area contributed by atoms with Crippen molar-refractivity contribution < 1.29 is 4.79 Å². The van der Waals surface area contributed by atoms with Gasteiger partial charge in [0.15, 0.2) is 0 Å². The van der Waals surface area contributed by atoms with Crippen molar-refractivity contribution in [3.63, 3.8) is 0 Å². The summed E-state index contributed by atoms with van der Waals surface area (Å²) in [6.45, 7) is 11.6. The van der Waals surface area contributed by atoms with Crippen molar-refractivity contribution in [1.82, 2.24) is 19.7 Å². The number of pyridine rings is 1. The molecule has 0 aliphatic heterocycles. The van der Waals surface area contributed by atoms with Crippen molar-refractivity contribution in [1.29, 1.82) is 0 Å². The first-order valence-electron chi connectivity index (χ1n) is 11.6. The third-order valence-electron chi connectivity index (χ3n) is 6.63. The Labute approximate surface area is 210 Å². The van der Waals surface area contributed by atoms with Crippen molar-refractivity contribution in [3.8, 4) is 22.4 Å². The third kappa shape index (κ3) is 4.11. The third-order valence-corrected chi connectivity index (χ3v) is 6.63. The minimum Gasteiger partial charge on any atom is -0.404 e. The van der Waals surface area contributed by atoms with Crippen molar-refractivity contribution in [2.75, 3.05) is 12.4 Å². The predicted octanol–water partition coefficient (Wildman–Crippen LogP) is 5.07. The second-order valence-electron chi connectivity index (χ2n) is 8.81. The molecule has 3 heterocycles. The number of aromatic nitrogens is 4. The lowest BCUT2D eigenvalue weighted by Crippen LogP contribution is -2.10. The number of nitrogens with zero attached hydrogens (tertiary/aromatic N) is 4. The number of aromatic amines is 1. The largest absolute Gasteiger partial charge is 0.404 e. The maximum absolute atomic E-state index is 12.2. The summed E-state index contributed by atoms with van der Waals surface area (Å²) in [5.74, 6) is -0.253. The Bertz CT molecular complexity index is 1570. The average molecular weight is 482 g/mol. The van der Waals surface area contributed by atoms with Gasteiger partial charge in [0.25, 0.3) is 0 Å². The Balaban J connectivity index is 2.11. The van der Waals surface area contributed by atoms with E-state index in [1.54, 1.807) is 17.9 Å². The predicted molar refractivity (Wildman–Crippen MR) is 148 cm³/mol. The van der Waals surface area contributed by atoms with E-state index < -0.39 is 0 Å². The Morgan fingerprint density at radius 3 is 2.58 bits per heavy atom. The number of aliphatic imine (C=N–C) groups is 1. The van der Waals surface area contributed by atoms with Crippen LogP contribution in [0.1, 0.15) is 29.2 Å². The van der Waals surface area contributed by atoms with E-state index in [1.807, 2.05) is 52.5 Å². The number of hydrogen-bond donors (Lipinski definition) is 3. The molecule has 0 unspecified atom stereocenters. The van der Waals surface area contributed by atoms with E-state index in [4.69, 9.17) is 10.7 Å². The number of rotatable bonds is 6. The smallest absolute Gasteiger partial charge is 0.247 e. The quantitative estimate of drug-likeness (QED) is 0.263. The van der Waals surface area contributed by atoms with Crippen LogP contribution in [0.4, 0.5) is 5.69 Å². The molecule has 0 spiro atoms. The lowest BCUT2D eigenvalue weighted by molar-refractivity contribution is -0.111. The SMILES string of the molecule is C=CC(=O)Nc1c(C)ccc(-c2c(-c3cnn(C)c3)[nH]c3ncc(/C(=C/N)C(C)=NC)c(C)c23)c1C. The number of hydrogen-bond acceptors (Lipinski definition) is 5. The molecule has 8 nitrogen and oxygen atoms in total. The van der Waals surface area contributed by atoms with Gasteiger partial charge in [-0.25, -0.2) is 4.98 Å². The molecular formula is C28H31N7O. The van der Waals surface area contributed by atoms with Crippen LogP contribution in [0, 0.1) is 20.8 Å². The summed E-state index contributed by atoms with van der Waals surface area (Å²) in [5.41, 5.74) is 16.9. The lowest BCUT2D eigenvalue weighted by atomic mass is 9.90. The molecule has 0 atom stereocenters. The minimum atomic E-state index is -0.253. The zero-order chi connectivity index (χ0) is 26.1. The van der Waals surface area contributed by atoms with Gasteiger partial charge in [-0.1, -0.05) is 18.7 Å². The van der Waals surface area contributed by atoms with Crippen LogP contribution in [0.3, 0.4) is 0 Å². The Kier molecular flexibility index (Phi) is 6.61. The Morgan fingerprint density at radius 1 is 1.22 bits per heavy atom. The summed E-state index contributed by atoms with van der Waals surface area (Å²) < 4.78 is 1.77. The van der Waals surface area contributed by atoms with Crippen LogP contribution in [0.15, 0.2) is 54.6 Å². The number of carbonyl (C=O) groups excluding carboxylic acids is 1. The molecule has 0 fully saturated rings. The summed E-state index contributed by atoms with van der Waals surface area (Å²) in [4.78, 5) is 24.8. The molecule has 4 aromatic rings. The average Bonchev–Trinajstić information content (AvgIpc) is 3.47. The maximum Gasteiger partial charge on any atom is 0.247 e. The fourth-order valence-corrected chi connectivity index (χ4v) is 4.63. The van der Waals surface area contributed by atoms with Crippen LogP contribution in [0.5, 0.6) is 0 Å². The first kappa shape index (κ1) is 24.7. The van der Waals surface area contributed by atoms with Crippen LogP contribution in [-0.2, 0) is 11.8 Å². The van der Waals surface area contributed by atoms with Gasteiger partial charge in [0.1, 0.15) is 5.65 Å². The highest BCUT2D eigenvalue weighted by Gasteiger charge is 2.24. The normalized spacial score (nSPS) is 12.3. The van der Waals surface area contributed by atoms with Gasteiger partial charge in [0.2, 0.25) is 5.91 Å². The minimum absolute atomic E-state index is 0.253. The molecule has 36 heavy (non-hydrogen) atoms. The standard InChI is InChI=1S/C28H31N7O/c1-8-23(36)33-26-15(2)9-10-20(17(26)4)25-24-16(3)22(21(11-29)18(5)30-6)13-31-28(24)34-27(25)19-12-32-35(7)14-19/h8-14H,1,29H2,2-7H3,(H,31,34)(H,33,36)/b21-11+,30-18?. The molecule has 184 valence electrons. The summed E-state index contributed by atoms with van der Waals surface area (Å²) in [6, 6.07) is 4.10. The first-order chi connectivity index (χ1) is 17.2. The van der Waals surface area contributed by atoms with Gasteiger partial charge in [0, 0.05) is 71.7 Å². The molecule has 0 saturated heterocycles. The topological polar surface area (TPSA) is 114 Å². The number of H-pyrrole nitrogens is 1. The number of nitrogens with one attached hydrogen (secondary N) is 2. The number of aryl methyl sites for hydroxylation is 3. The number of fused-ring (bicyclic) bond motifs is 1. The molecule has 8 heteroatoms. The highest BCUT2D eigenvalue weighted by molar-refractivity contribution is 6.23. The van der Waals surface area contributed by atoms with E-state index >= 15 is 0 Å². The van der Waals surface area contributed by atoms with E-state index in [0.717, 1.165) is 72.6 Å². The first-order valence-corrected chi connectivity index (χ1v) is 11.6. The van der Waals surface area contributed by atoms with Gasteiger partial charge in [-0.15, -0.1) is 0 Å². The summed E-state index contributed by atoms with van der Waals surface area (Å²) in [6.07, 6.45) is 8.47. The fourth-order valence-electron chi connectivity index (χ4n) is 4.63. The molecule has 4 N–H and O–H groups in total. The van der Waals surface area contributed by atoms with Crippen LogP contribution in [0.25, 0.3) is 39.0 Å². The van der Waals surface area contributed by atoms with Crippen LogP contribution >= 0.6 is 0 Å². The van der Waals surface area contributed by atoms with E-state index in [9.17, 15) is 4.79 Å². The maximum atomic E-state index is 12.2.